The number of ether oxygens (including phenoxy) is 1. The van der Waals surface area contributed by atoms with E-state index in [-0.39, 0.29) is 0 Å². The zero-order chi connectivity index (χ0) is 11.7. The summed E-state index contributed by atoms with van der Waals surface area (Å²) >= 11 is 1.92. The predicted molar refractivity (Wildman–Crippen MR) is 72.7 cm³/mol. The third-order valence-electron chi connectivity index (χ3n) is 4.29. The Hall–Kier alpha value is -0.220. The van der Waals surface area contributed by atoms with Gasteiger partial charge in [0.15, 0.2) is 5.17 Å². The standard InChI is InChI=1S/C13H22N2OS/c1-10-11(5-8-16-10)14-12-15-13(9-17-12)6-3-2-4-7-13/h10-11H,2-9H2,1H3,(H,14,15). The molecule has 0 amide bonds. The number of nitrogens with one attached hydrogen (secondary N) is 1. The Labute approximate surface area is 108 Å². The highest BCUT2D eigenvalue weighted by Crippen LogP contribution is 2.36. The Kier molecular flexibility index (Phi) is 3.35. The lowest BCUT2D eigenvalue weighted by molar-refractivity contribution is 0.119. The van der Waals surface area contributed by atoms with Crippen LogP contribution in [0.3, 0.4) is 0 Å². The summed E-state index contributed by atoms with van der Waals surface area (Å²) in [5.41, 5.74) is 0.379. The Bertz CT molecular complexity index is 313. The number of amidine groups is 1. The third-order valence-corrected chi connectivity index (χ3v) is 5.47. The molecule has 96 valence electrons. The average Bonchev–Trinajstić information content (AvgIpc) is 2.90. The Morgan fingerprint density at radius 3 is 2.88 bits per heavy atom. The van der Waals surface area contributed by atoms with Crippen LogP contribution in [0.5, 0.6) is 0 Å². The monoisotopic (exact) mass is 254 g/mol. The van der Waals surface area contributed by atoms with E-state index in [0.29, 0.717) is 17.7 Å². The SMILES string of the molecule is CC1OCCC1N=C1NC2(CCCCC2)CS1. The van der Waals surface area contributed by atoms with E-state index in [9.17, 15) is 0 Å². The van der Waals surface area contributed by atoms with Gasteiger partial charge in [-0.05, 0) is 26.2 Å². The summed E-state index contributed by atoms with van der Waals surface area (Å²) < 4.78 is 5.57. The Morgan fingerprint density at radius 1 is 1.35 bits per heavy atom. The largest absolute Gasteiger partial charge is 0.376 e. The van der Waals surface area contributed by atoms with Gasteiger partial charge in [0.2, 0.25) is 0 Å². The van der Waals surface area contributed by atoms with Crippen LogP contribution in [-0.2, 0) is 4.74 Å². The Balaban J connectivity index is 1.64. The molecule has 3 nitrogen and oxygen atoms in total. The van der Waals surface area contributed by atoms with Gasteiger partial charge in [-0.3, -0.25) is 4.99 Å². The van der Waals surface area contributed by atoms with Gasteiger partial charge in [-0.25, -0.2) is 0 Å². The van der Waals surface area contributed by atoms with E-state index in [0.717, 1.165) is 13.0 Å². The number of thioether (sulfide) groups is 1. The van der Waals surface area contributed by atoms with Gasteiger partial charge in [-0.2, -0.15) is 0 Å². The van der Waals surface area contributed by atoms with Crippen LogP contribution in [0.15, 0.2) is 4.99 Å². The summed E-state index contributed by atoms with van der Waals surface area (Å²) in [6.07, 6.45) is 8.21. The topological polar surface area (TPSA) is 33.6 Å². The minimum absolute atomic E-state index is 0.299. The summed E-state index contributed by atoms with van der Waals surface area (Å²) in [6, 6.07) is 0.378. The zero-order valence-corrected chi connectivity index (χ0v) is 11.4. The minimum atomic E-state index is 0.299. The van der Waals surface area contributed by atoms with Crippen LogP contribution >= 0.6 is 11.8 Å². The molecule has 4 heteroatoms. The fourth-order valence-corrected chi connectivity index (χ4v) is 4.39. The van der Waals surface area contributed by atoms with Gasteiger partial charge >= 0.3 is 0 Å². The van der Waals surface area contributed by atoms with Gasteiger partial charge in [0.05, 0.1) is 12.1 Å². The van der Waals surface area contributed by atoms with Crippen LogP contribution in [0.25, 0.3) is 0 Å². The minimum Gasteiger partial charge on any atom is -0.376 e. The normalized spacial score (nSPS) is 38.8. The summed E-state index contributed by atoms with van der Waals surface area (Å²) in [5, 5.41) is 4.89. The quantitative estimate of drug-likeness (QED) is 0.781. The van der Waals surface area contributed by atoms with Crippen molar-refractivity contribution in [2.45, 2.75) is 63.1 Å². The second-order valence-corrected chi connectivity index (χ2v) is 6.58. The smallest absolute Gasteiger partial charge is 0.157 e. The van der Waals surface area contributed by atoms with Crippen LogP contribution in [0, 0.1) is 0 Å². The van der Waals surface area contributed by atoms with Crippen LogP contribution in [0.4, 0.5) is 0 Å². The maximum atomic E-state index is 5.57. The van der Waals surface area contributed by atoms with Crippen molar-refractivity contribution in [3.05, 3.63) is 0 Å². The van der Waals surface area contributed by atoms with Gasteiger partial charge in [0.25, 0.3) is 0 Å². The van der Waals surface area contributed by atoms with Gasteiger partial charge in [0, 0.05) is 17.9 Å². The molecule has 1 spiro atoms. The first kappa shape index (κ1) is 11.8. The molecule has 0 bridgehead atoms. The fourth-order valence-electron chi connectivity index (χ4n) is 3.11. The molecule has 0 aromatic carbocycles. The molecule has 3 rings (SSSR count). The lowest BCUT2D eigenvalue weighted by Gasteiger charge is -2.32. The highest BCUT2D eigenvalue weighted by Gasteiger charge is 2.38. The second kappa shape index (κ2) is 4.81. The maximum absolute atomic E-state index is 5.57. The molecular formula is C13H22N2OS. The van der Waals surface area contributed by atoms with E-state index in [1.807, 2.05) is 11.8 Å². The van der Waals surface area contributed by atoms with Gasteiger partial charge in [-0.15, -0.1) is 0 Å². The molecule has 0 aromatic rings. The molecule has 1 saturated carbocycles. The summed E-state index contributed by atoms with van der Waals surface area (Å²) in [4.78, 5) is 4.85. The van der Waals surface area contributed by atoms with Crippen molar-refractivity contribution < 1.29 is 4.74 Å². The van der Waals surface area contributed by atoms with Crippen molar-refractivity contribution >= 4 is 16.9 Å². The number of nitrogens with zero attached hydrogens (tertiary/aromatic N) is 1. The van der Waals surface area contributed by atoms with E-state index in [4.69, 9.17) is 9.73 Å². The van der Waals surface area contributed by atoms with Gasteiger partial charge in [0.1, 0.15) is 0 Å². The third kappa shape index (κ3) is 2.48. The van der Waals surface area contributed by atoms with Crippen LogP contribution in [0.1, 0.15) is 45.4 Å². The second-order valence-electron chi connectivity index (χ2n) is 5.62. The number of aliphatic imine (C=N–C) groups is 1. The maximum Gasteiger partial charge on any atom is 0.157 e. The van der Waals surface area contributed by atoms with Crippen LogP contribution < -0.4 is 5.32 Å². The van der Waals surface area contributed by atoms with E-state index in [1.54, 1.807) is 0 Å². The molecule has 3 fully saturated rings. The first-order valence-electron chi connectivity index (χ1n) is 6.88. The van der Waals surface area contributed by atoms with Gasteiger partial charge < -0.3 is 10.1 Å². The molecule has 2 saturated heterocycles. The molecule has 2 aliphatic heterocycles. The molecule has 0 radical (unpaired) electrons. The molecule has 0 aromatic heterocycles. The summed E-state index contributed by atoms with van der Waals surface area (Å²) in [5.74, 6) is 1.22. The lowest BCUT2D eigenvalue weighted by Crippen LogP contribution is -2.45. The zero-order valence-electron chi connectivity index (χ0n) is 10.6. The summed E-state index contributed by atoms with van der Waals surface area (Å²) in [6.45, 7) is 3.01. The van der Waals surface area contributed by atoms with Crippen molar-refractivity contribution in [2.75, 3.05) is 12.4 Å². The summed E-state index contributed by atoms with van der Waals surface area (Å²) in [7, 11) is 0. The molecule has 17 heavy (non-hydrogen) atoms. The van der Waals surface area contributed by atoms with Gasteiger partial charge in [-0.1, -0.05) is 31.0 Å². The van der Waals surface area contributed by atoms with Crippen molar-refractivity contribution in [3.63, 3.8) is 0 Å². The number of hydrogen-bond acceptors (Lipinski definition) is 3. The van der Waals surface area contributed by atoms with Crippen molar-refractivity contribution in [1.82, 2.24) is 5.32 Å². The number of rotatable bonds is 1. The molecular weight excluding hydrogens is 232 g/mol. The highest BCUT2D eigenvalue weighted by molar-refractivity contribution is 8.14. The first-order valence-corrected chi connectivity index (χ1v) is 7.86. The van der Waals surface area contributed by atoms with Crippen molar-refractivity contribution in [1.29, 1.82) is 0 Å². The predicted octanol–water partition coefficient (Wildman–Crippen LogP) is 2.56. The van der Waals surface area contributed by atoms with Crippen LogP contribution in [-0.4, -0.2) is 35.2 Å². The average molecular weight is 254 g/mol. The van der Waals surface area contributed by atoms with Crippen molar-refractivity contribution in [2.24, 2.45) is 4.99 Å². The molecule has 1 aliphatic carbocycles. The molecule has 2 atom stereocenters. The molecule has 1 N–H and O–H groups in total. The van der Waals surface area contributed by atoms with Crippen molar-refractivity contribution in [3.8, 4) is 0 Å². The number of hydrogen-bond donors (Lipinski definition) is 1. The molecule has 2 unspecified atom stereocenters. The lowest BCUT2D eigenvalue weighted by atomic mass is 9.83. The van der Waals surface area contributed by atoms with E-state index in [2.05, 4.69) is 12.2 Å². The van der Waals surface area contributed by atoms with E-state index < -0.39 is 0 Å². The molecule has 2 heterocycles. The highest BCUT2D eigenvalue weighted by atomic mass is 32.2. The fraction of sp³-hybridized carbons (Fsp3) is 0.923. The Morgan fingerprint density at radius 2 is 2.18 bits per heavy atom. The van der Waals surface area contributed by atoms with Crippen LogP contribution in [0.2, 0.25) is 0 Å². The van der Waals surface area contributed by atoms with E-state index >= 15 is 0 Å². The van der Waals surface area contributed by atoms with E-state index in [1.165, 1.54) is 43.0 Å². The first-order chi connectivity index (χ1) is 8.27. The molecule has 3 aliphatic rings.